The Hall–Kier alpha value is 0.730. The van der Waals surface area contributed by atoms with Gasteiger partial charge in [0.05, 0.1) is 7.14 Å². The van der Waals surface area contributed by atoms with E-state index in [1.807, 2.05) is 12.1 Å². The summed E-state index contributed by atoms with van der Waals surface area (Å²) in [6.45, 7) is 4.29. The van der Waals surface area contributed by atoms with Gasteiger partial charge in [0.15, 0.2) is 0 Å². The first-order valence-corrected chi connectivity index (χ1v) is 7.06. The van der Waals surface area contributed by atoms with Crippen molar-refractivity contribution in [1.82, 2.24) is 0 Å². The Balaban J connectivity index is 0.00000225. The number of nitrogens with two attached hydrogens (primary N) is 1. The molecule has 0 aliphatic heterocycles. The minimum absolute atomic E-state index is 0. The van der Waals surface area contributed by atoms with Crippen LogP contribution < -0.4 is 5.73 Å². The minimum atomic E-state index is 0. The summed E-state index contributed by atoms with van der Waals surface area (Å²) in [5.41, 5.74) is 7.26. The van der Waals surface area contributed by atoms with E-state index < -0.39 is 0 Å². The third-order valence-corrected chi connectivity index (χ3v) is 4.33. The van der Waals surface area contributed by atoms with E-state index in [1.54, 1.807) is 0 Å². The summed E-state index contributed by atoms with van der Waals surface area (Å²) >= 11 is 4.27. The Bertz CT molecular complexity index is 337. The van der Waals surface area contributed by atoms with E-state index in [2.05, 4.69) is 59.0 Å². The molecule has 0 aliphatic carbocycles. The van der Waals surface area contributed by atoms with Crippen molar-refractivity contribution in [2.24, 2.45) is 11.7 Å². The smallest absolute Gasteiger partial charge is 0.142 e. The molecule has 1 rings (SSSR count). The van der Waals surface area contributed by atoms with E-state index in [1.165, 1.54) is 0 Å². The molecule has 2 nitrogen and oxygen atoms in total. The van der Waals surface area contributed by atoms with Crippen LogP contribution in [0.4, 0.5) is 0 Å². The summed E-state index contributed by atoms with van der Waals surface area (Å²) in [5, 5.41) is 9.65. The predicted octanol–water partition coefficient (Wildman–Crippen LogP) is 4.07. The summed E-state index contributed by atoms with van der Waals surface area (Å²) in [4.78, 5) is 0. The molecule has 1 aromatic rings. The number of benzene rings is 1. The molecule has 3 N–H and O–H groups in total. The highest BCUT2D eigenvalue weighted by Crippen LogP contribution is 2.31. The monoisotopic (exact) mass is 467 g/mol. The first-order chi connectivity index (χ1) is 6.97. The van der Waals surface area contributed by atoms with E-state index in [0.29, 0.717) is 11.7 Å². The number of phenols is 1. The SMILES string of the molecule is CCC(C)[C@H](N)c1cc(I)c(O)c(I)c1.Cl. The van der Waals surface area contributed by atoms with Gasteiger partial charge in [0, 0.05) is 6.04 Å². The van der Waals surface area contributed by atoms with E-state index in [4.69, 9.17) is 5.73 Å². The molecule has 92 valence electrons. The summed E-state index contributed by atoms with van der Waals surface area (Å²) in [7, 11) is 0. The van der Waals surface area contributed by atoms with Gasteiger partial charge in [-0.05, 0) is 68.8 Å². The van der Waals surface area contributed by atoms with Crippen LogP contribution >= 0.6 is 57.6 Å². The molecule has 5 heteroatoms. The van der Waals surface area contributed by atoms with Crippen LogP contribution in [0.3, 0.4) is 0 Å². The fourth-order valence-corrected chi connectivity index (χ4v) is 3.18. The van der Waals surface area contributed by atoms with E-state index in [-0.39, 0.29) is 18.4 Å². The number of aromatic hydroxyl groups is 1. The molecule has 0 amide bonds. The van der Waals surface area contributed by atoms with Crippen LogP contribution in [-0.2, 0) is 0 Å². The molecule has 0 spiro atoms. The Kier molecular flexibility index (Phi) is 7.56. The van der Waals surface area contributed by atoms with Crippen LogP contribution in [0.25, 0.3) is 0 Å². The minimum Gasteiger partial charge on any atom is -0.506 e. The quantitative estimate of drug-likeness (QED) is 0.659. The van der Waals surface area contributed by atoms with Crippen molar-refractivity contribution >= 4 is 57.6 Å². The average Bonchev–Trinajstić information content (AvgIpc) is 2.23. The highest BCUT2D eigenvalue weighted by atomic mass is 127. The van der Waals surface area contributed by atoms with Gasteiger partial charge in [0.25, 0.3) is 0 Å². The molecule has 0 aromatic heterocycles. The van der Waals surface area contributed by atoms with Crippen LogP contribution in [0, 0.1) is 13.1 Å². The van der Waals surface area contributed by atoms with Gasteiger partial charge < -0.3 is 10.8 Å². The Morgan fingerprint density at radius 1 is 1.31 bits per heavy atom. The van der Waals surface area contributed by atoms with Gasteiger partial charge in [-0.3, -0.25) is 0 Å². The lowest BCUT2D eigenvalue weighted by atomic mass is 9.93. The normalized spacial score (nSPS) is 14.1. The van der Waals surface area contributed by atoms with Gasteiger partial charge in [0.2, 0.25) is 0 Å². The number of phenolic OH excluding ortho intramolecular Hbond substituents is 1. The van der Waals surface area contributed by atoms with Gasteiger partial charge >= 0.3 is 0 Å². The lowest BCUT2D eigenvalue weighted by Crippen LogP contribution is -2.18. The zero-order valence-corrected chi connectivity index (χ0v) is 14.3. The highest BCUT2D eigenvalue weighted by molar-refractivity contribution is 14.1. The van der Waals surface area contributed by atoms with Crippen molar-refractivity contribution in [2.75, 3.05) is 0 Å². The lowest BCUT2D eigenvalue weighted by molar-refractivity contribution is 0.450. The lowest BCUT2D eigenvalue weighted by Gasteiger charge is -2.19. The molecule has 0 heterocycles. The van der Waals surface area contributed by atoms with E-state index in [0.717, 1.165) is 19.1 Å². The van der Waals surface area contributed by atoms with Crippen molar-refractivity contribution in [2.45, 2.75) is 26.3 Å². The van der Waals surface area contributed by atoms with Crippen molar-refractivity contribution in [3.8, 4) is 5.75 Å². The molecule has 0 aliphatic rings. The van der Waals surface area contributed by atoms with Gasteiger partial charge in [-0.25, -0.2) is 0 Å². The third-order valence-electron chi connectivity index (χ3n) is 2.68. The number of halogens is 3. The predicted molar refractivity (Wildman–Crippen MR) is 87.2 cm³/mol. The molecular weight excluding hydrogens is 451 g/mol. The molecular formula is C11H16ClI2NO. The second kappa shape index (κ2) is 7.23. The van der Waals surface area contributed by atoms with Crippen LogP contribution in [0.15, 0.2) is 12.1 Å². The van der Waals surface area contributed by atoms with Crippen LogP contribution in [-0.4, -0.2) is 5.11 Å². The molecule has 2 atom stereocenters. The molecule has 0 radical (unpaired) electrons. The van der Waals surface area contributed by atoms with E-state index >= 15 is 0 Å². The molecule has 1 unspecified atom stereocenters. The van der Waals surface area contributed by atoms with Crippen molar-refractivity contribution in [1.29, 1.82) is 0 Å². The summed E-state index contributed by atoms with van der Waals surface area (Å²) in [5.74, 6) is 0.817. The average molecular weight is 468 g/mol. The van der Waals surface area contributed by atoms with Crippen molar-refractivity contribution < 1.29 is 5.11 Å². The largest absolute Gasteiger partial charge is 0.506 e. The maximum absolute atomic E-state index is 9.65. The summed E-state index contributed by atoms with van der Waals surface area (Å²) in [6.07, 6.45) is 1.06. The zero-order chi connectivity index (χ0) is 11.6. The van der Waals surface area contributed by atoms with Gasteiger partial charge in [0.1, 0.15) is 5.75 Å². The van der Waals surface area contributed by atoms with E-state index in [9.17, 15) is 5.11 Å². The van der Waals surface area contributed by atoms with Gasteiger partial charge in [-0.2, -0.15) is 0 Å². The van der Waals surface area contributed by atoms with Crippen molar-refractivity contribution in [3.05, 3.63) is 24.8 Å². The van der Waals surface area contributed by atoms with Crippen LogP contribution in [0.2, 0.25) is 0 Å². The molecule has 0 bridgehead atoms. The van der Waals surface area contributed by atoms with Crippen LogP contribution in [0.1, 0.15) is 31.9 Å². The third kappa shape index (κ3) is 3.89. The topological polar surface area (TPSA) is 46.2 Å². The van der Waals surface area contributed by atoms with Crippen molar-refractivity contribution in [3.63, 3.8) is 0 Å². The number of rotatable bonds is 3. The van der Waals surface area contributed by atoms with Gasteiger partial charge in [-0.15, -0.1) is 12.4 Å². The first-order valence-electron chi connectivity index (χ1n) is 4.90. The highest BCUT2D eigenvalue weighted by Gasteiger charge is 2.15. The second-order valence-corrected chi connectivity index (χ2v) is 6.07. The maximum atomic E-state index is 9.65. The molecule has 0 saturated heterocycles. The number of hydrogen-bond donors (Lipinski definition) is 2. The molecule has 16 heavy (non-hydrogen) atoms. The Morgan fingerprint density at radius 2 is 1.75 bits per heavy atom. The fourth-order valence-electron chi connectivity index (χ4n) is 1.36. The molecule has 1 aromatic carbocycles. The zero-order valence-electron chi connectivity index (χ0n) is 9.21. The summed E-state index contributed by atoms with van der Waals surface area (Å²) in [6, 6.07) is 3.99. The summed E-state index contributed by atoms with van der Waals surface area (Å²) < 4.78 is 1.74. The molecule has 0 saturated carbocycles. The second-order valence-electron chi connectivity index (χ2n) is 3.74. The molecule has 0 fully saturated rings. The number of hydrogen-bond acceptors (Lipinski definition) is 2. The Morgan fingerprint density at radius 3 is 2.12 bits per heavy atom. The fraction of sp³-hybridized carbons (Fsp3) is 0.455. The Labute approximate surface area is 130 Å². The van der Waals surface area contributed by atoms with Crippen LogP contribution in [0.5, 0.6) is 5.75 Å². The maximum Gasteiger partial charge on any atom is 0.142 e. The van der Waals surface area contributed by atoms with Gasteiger partial charge in [-0.1, -0.05) is 20.3 Å². The first kappa shape index (κ1) is 16.7. The standard InChI is InChI=1S/C11H15I2NO.ClH/c1-3-6(2)10(14)7-4-8(12)11(15)9(13)5-7;/h4-6,10,15H,3,14H2,1-2H3;1H/t6?,10-;/m0./s1.